The molecular formula is C7H12N2O. The van der Waals surface area contributed by atoms with Crippen LogP contribution in [-0.4, -0.2) is 31.2 Å². The van der Waals surface area contributed by atoms with Gasteiger partial charge in [0.05, 0.1) is 6.10 Å². The van der Waals surface area contributed by atoms with Gasteiger partial charge in [0.2, 0.25) is 0 Å². The Balaban J connectivity index is 2.25. The zero-order chi connectivity index (χ0) is 7.40. The summed E-state index contributed by atoms with van der Waals surface area (Å²) in [6.07, 6.45) is 4.49. The van der Waals surface area contributed by atoms with Crippen molar-refractivity contribution in [3.8, 4) is 6.19 Å². The Kier molecular flexibility index (Phi) is 2.52. The number of methoxy groups -OCH3 is 1. The lowest BCUT2D eigenvalue weighted by atomic mass is 10.1. The lowest BCUT2D eigenvalue weighted by Gasteiger charge is -2.26. The van der Waals surface area contributed by atoms with Crippen LogP contribution in [0.5, 0.6) is 0 Å². The highest BCUT2D eigenvalue weighted by atomic mass is 16.5. The van der Waals surface area contributed by atoms with Crippen molar-refractivity contribution in [3.05, 3.63) is 0 Å². The summed E-state index contributed by atoms with van der Waals surface area (Å²) >= 11 is 0. The van der Waals surface area contributed by atoms with E-state index in [1.165, 1.54) is 0 Å². The van der Waals surface area contributed by atoms with E-state index in [1.807, 2.05) is 0 Å². The summed E-state index contributed by atoms with van der Waals surface area (Å²) in [4.78, 5) is 1.77. The molecule has 1 fully saturated rings. The van der Waals surface area contributed by atoms with Crippen LogP contribution in [-0.2, 0) is 4.74 Å². The van der Waals surface area contributed by atoms with Gasteiger partial charge in [-0.3, -0.25) is 0 Å². The molecule has 0 aromatic carbocycles. The van der Waals surface area contributed by atoms with Crippen LogP contribution in [0.1, 0.15) is 12.8 Å². The summed E-state index contributed by atoms with van der Waals surface area (Å²) in [6.45, 7) is 1.71. The molecule has 1 heterocycles. The lowest BCUT2D eigenvalue weighted by molar-refractivity contribution is 0.0552. The van der Waals surface area contributed by atoms with Crippen molar-refractivity contribution < 1.29 is 4.74 Å². The highest BCUT2D eigenvalue weighted by Gasteiger charge is 2.16. The average molecular weight is 140 g/mol. The summed E-state index contributed by atoms with van der Waals surface area (Å²) < 4.78 is 5.15. The van der Waals surface area contributed by atoms with Gasteiger partial charge >= 0.3 is 0 Å². The average Bonchev–Trinajstić information content (AvgIpc) is 2.05. The first kappa shape index (κ1) is 7.36. The molecular weight excluding hydrogens is 128 g/mol. The highest BCUT2D eigenvalue weighted by Crippen LogP contribution is 2.11. The van der Waals surface area contributed by atoms with E-state index in [2.05, 4.69) is 6.19 Å². The monoisotopic (exact) mass is 140 g/mol. The Morgan fingerprint density at radius 3 is 2.50 bits per heavy atom. The van der Waals surface area contributed by atoms with Crippen molar-refractivity contribution in [2.24, 2.45) is 0 Å². The first-order valence-corrected chi connectivity index (χ1v) is 3.54. The van der Waals surface area contributed by atoms with Crippen LogP contribution in [0.4, 0.5) is 0 Å². The van der Waals surface area contributed by atoms with Crippen molar-refractivity contribution in [1.82, 2.24) is 4.90 Å². The van der Waals surface area contributed by atoms with Crippen molar-refractivity contribution >= 4 is 0 Å². The maximum absolute atomic E-state index is 8.49. The van der Waals surface area contributed by atoms with Gasteiger partial charge in [0.15, 0.2) is 6.19 Å². The molecule has 1 aliphatic heterocycles. The second-order valence-electron chi connectivity index (χ2n) is 2.52. The molecule has 0 aromatic rings. The Bertz CT molecular complexity index is 133. The Morgan fingerprint density at radius 2 is 2.10 bits per heavy atom. The fourth-order valence-corrected chi connectivity index (χ4v) is 1.19. The van der Waals surface area contributed by atoms with Crippen LogP contribution in [0.15, 0.2) is 0 Å². The number of hydrogen-bond donors (Lipinski definition) is 0. The number of ether oxygens (including phenoxy) is 1. The van der Waals surface area contributed by atoms with E-state index in [1.54, 1.807) is 12.0 Å². The molecule has 3 heteroatoms. The number of nitriles is 1. The Hall–Kier alpha value is -0.750. The molecule has 56 valence electrons. The van der Waals surface area contributed by atoms with Gasteiger partial charge in [-0.1, -0.05) is 0 Å². The first-order valence-electron chi connectivity index (χ1n) is 3.54. The van der Waals surface area contributed by atoms with Crippen molar-refractivity contribution in [2.75, 3.05) is 20.2 Å². The van der Waals surface area contributed by atoms with Gasteiger partial charge in [-0.15, -0.1) is 0 Å². The number of nitrogens with zero attached hydrogens (tertiary/aromatic N) is 2. The summed E-state index contributed by atoms with van der Waals surface area (Å²) in [7, 11) is 1.73. The third-order valence-corrected chi connectivity index (χ3v) is 1.92. The van der Waals surface area contributed by atoms with E-state index in [0.29, 0.717) is 6.10 Å². The minimum atomic E-state index is 0.379. The van der Waals surface area contributed by atoms with E-state index < -0.39 is 0 Å². The van der Waals surface area contributed by atoms with Crippen LogP contribution in [0, 0.1) is 11.5 Å². The molecule has 0 bridgehead atoms. The molecule has 0 spiro atoms. The molecule has 0 N–H and O–H groups in total. The van der Waals surface area contributed by atoms with Crippen LogP contribution < -0.4 is 0 Å². The summed E-state index contributed by atoms with van der Waals surface area (Å²) in [5, 5.41) is 8.49. The van der Waals surface area contributed by atoms with Gasteiger partial charge in [-0.25, -0.2) is 0 Å². The predicted molar refractivity (Wildman–Crippen MR) is 37.2 cm³/mol. The molecule has 0 aromatic heterocycles. The molecule has 0 aliphatic carbocycles. The first-order chi connectivity index (χ1) is 4.86. The van der Waals surface area contributed by atoms with Crippen LogP contribution in [0.25, 0.3) is 0 Å². The van der Waals surface area contributed by atoms with Gasteiger partial charge in [0, 0.05) is 20.2 Å². The third kappa shape index (κ3) is 1.61. The number of piperidine rings is 1. The van der Waals surface area contributed by atoms with E-state index in [-0.39, 0.29) is 0 Å². The smallest absolute Gasteiger partial charge is 0.179 e. The van der Waals surface area contributed by atoms with Gasteiger partial charge < -0.3 is 9.64 Å². The summed E-state index contributed by atoms with van der Waals surface area (Å²) in [5.74, 6) is 0. The number of rotatable bonds is 1. The van der Waals surface area contributed by atoms with Crippen molar-refractivity contribution in [1.29, 1.82) is 5.26 Å². The summed E-state index contributed by atoms with van der Waals surface area (Å²) in [6, 6.07) is 0. The number of hydrogen-bond acceptors (Lipinski definition) is 3. The van der Waals surface area contributed by atoms with E-state index in [4.69, 9.17) is 10.00 Å². The Morgan fingerprint density at radius 1 is 1.50 bits per heavy atom. The van der Waals surface area contributed by atoms with E-state index in [0.717, 1.165) is 25.9 Å². The van der Waals surface area contributed by atoms with Gasteiger partial charge in [-0.05, 0) is 12.8 Å². The zero-order valence-electron chi connectivity index (χ0n) is 6.21. The molecule has 1 saturated heterocycles. The van der Waals surface area contributed by atoms with Crippen molar-refractivity contribution in [3.63, 3.8) is 0 Å². The zero-order valence-corrected chi connectivity index (χ0v) is 6.21. The van der Waals surface area contributed by atoms with Gasteiger partial charge in [-0.2, -0.15) is 5.26 Å². The van der Waals surface area contributed by atoms with Crippen LogP contribution in [0.3, 0.4) is 0 Å². The Labute approximate surface area is 61.2 Å². The fraction of sp³-hybridized carbons (Fsp3) is 0.857. The normalized spacial score (nSPS) is 20.6. The minimum Gasteiger partial charge on any atom is -0.381 e. The quantitative estimate of drug-likeness (QED) is 0.500. The van der Waals surface area contributed by atoms with Crippen LogP contribution >= 0.6 is 0 Å². The molecule has 1 rings (SSSR count). The molecule has 3 nitrogen and oxygen atoms in total. The van der Waals surface area contributed by atoms with Gasteiger partial charge in [0.25, 0.3) is 0 Å². The number of likely N-dealkylation sites (tertiary alicyclic amines) is 1. The second kappa shape index (κ2) is 3.43. The predicted octanol–water partition coefficient (Wildman–Crippen LogP) is 0.578. The maximum Gasteiger partial charge on any atom is 0.179 e. The molecule has 0 amide bonds. The second-order valence-corrected chi connectivity index (χ2v) is 2.52. The minimum absolute atomic E-state index is 0.379. The molecule has 0 radical (unpaired) electrons. The SMILES string of the molecule is COC1CCN(C#N)CC1. The van der Waals surface area contributed by atoms with E-state index in [9.17, 15) is 0 Å². The van der Waals surface area contributed by atoms with E-state index >= 15 is 0 Å². The summed E-state index contributed by atoms with van der Waals surface area (Å²) in [5.41, 5.74) is 0. The van der Waals surface area contributed by atoms with Gasteiger partial charge in [0.1, 0.15) is 0 Å². The highest BCUT2D eigenvalue weighted by molar-refractivity contribution is 4.80. The fourth-order valence-electron chi connectivity index (χ4n) is 1.19. The largest absolute Gasteiger partial charge is 0.381 e. The molecule has 0 saturated carbocycles. The maximum atomic E-state index is 8.49. The molecule has 10 heavy (non-hydrogen) atoms. The standard InChI is InChI=1S/C7H12N2O/c1-10-7-2-4-9(6-8)5-3-7/h7H,2-5H2,1H3. The topological polar surface area (TPSA) is 36.3 Å². The third-order valence-electron chi connectivity index (χ3n) is 1.92. The molecule has 1 aliphatic rings. The molecule has 0 atom stereocenters. The van der Waals surface area contributed by atoms with Crippen LogP contribution in [0.2, 0.25) is 0 Å². The lowest BCUT2D eigenvalue weighted by Crippen LogP contribution is -2.33. The molecule has 0 unspecified atom stereocenters. The van der Waals surface area contributed by atoms with Crippen molar-refractivity contribution in [2.45, 2.75) is 18.9 Å².